The van der Waals surface area contributed by atoms with Crippen molar-refractivity contribution in [3.63, 3.8) is 0 Å². The minimum atomic E-state index is -0.211. The number of rotatable bonds is 5. The van der Waals surface area contributed by atoms with Gasteiger partial charge in [0.05, 0.1) is 6.61 Å². The van der Waals surface area contributed by atoms with Crippen LogP contribution in [-0.2, 0) is 5.41 Å². The number of hydrogen-bond acceptors (Lipinski definition) is 2. The van der Waals surface area contributed by atoms with Gasteiger partial charge in [-0.2, -0.15) is 0 Å². The van der Waals surface area contributed by atoms with E-state index in [4.69, 9.17) is 5.11 Å². The molecule has 4 nitrogen and oxygen atoms in total. The molecule has 0 bridgehead atoms. The van der Waals surface area contributed by atoms with Crippen molar-refractivity contribution in [2.24, 2.45) is 0 Å². The quantitative estimate of drug-likeness (QED) is 0.776. The van der Waals surface area contributed by atoms with E-state index >= 15 is 0 Å². The van der Waals surface area contributed by atoms with Gasteiger partial charge in [-0.1, -0.05) is 34.5 Å². The number of aliphatic hydroxyl groups is 1. The van der Waals surface area contributed by atoms with E-state index in [1.165, 1.54) is 12.0 Å². The molecule has 0 aliphatic heterocycles. The number of hydrogen-bond donors (Lipinski definition) is 3. The van der Waals surface area contributed by atoms with Crippen LogP contribution in [-0.4, -0.2) is 30.8 Å². The van der Waals surface area contributed by atoms with Crippen molar-refractivity contribution in [3.8, 4) is 0 Å². The Bertz CT molecular complexity index is 430. The highest BCUT2D eigenvalue weighted by atomic mass is 79.9. The molecule has 3 N–H and O–H groups in total. The van der Waals surface area contributed by atoms with Crippen LogP contribution in [0.15, 0.2) is 28.7 Å². The van der Waals surface area contributed by atoms with Crippen LogP contribution in [0.2, 0.25) is 0 Å². The maximum atomic E-state index is 11.5. The molecule has 2 amide bonds. The Morgan fingerprint density at radius 2 is 1.95 bits per heavy atom. The molecule has 2 rings (SSSR count). The molecule has 1 aliphatic carbocycles. The van der Waals surface area contributed by atoms with Crippen molar-refractivity contribution in [2.45, 2.75) is 24.7 Å². The van der Waals surface area contributed by atoms with Gasteiger partial charge in [0.15, 0.2) is 0 Å². The van der Waals surface area contributed by atoms with E-state index < -0.39 is 0 Å². The van der Waals surface area contributed by atoms with Gasteiger partial charge in [-0.3, -0.25) is 0 Å². The van der Waals surface area contributed by atoms with Crippen LogP contribution < -0.4 is 10.6 Å². The fourth-order valence-corrected chi connectivity index (χ4v) is 2.72. The Balaban J connectivity index is 1.95. The molecule has 0 atom stereocenters. The van der Waals surface area contributed by atoms with Gasteiger partial charge in [-0.25, -0.2) is 4.79 Å². The summed E-state index contributed by atoms with van der Waals surface area (Å²) in [6.07, 6.45) is 3.42. The summed E-state index contributed by atoms with van der Waals surface area (Å²) in [7, 11) is 0. The molecule has 104 valence electrons. The van der Waals surface area contributed by atoms with Crippen LogP contribution in [0.3, 0.4) is 0 Å². The molecule has 0 aromatic heterocycles. The van der Waals surface area contributed by atoms with Crippen LogP contribution in [0.5, 0.6) is 0 Å². The largest absolute Gasteiger partial charge is 0.395 e. The smallest absolute Gasteiger partial charge is 0.314 e. The first kappa shape index (κ1) is 14.3. The first-order chi connectivity index (χ1) is 9.16. The van der Waals surface area contributed by atoms with Crippen molar-refractivity contribution in [1.82, 2.24) is 10.6 Å². The highest BCUT2D eigenvalue weighted by Crippen LogP contribution is 2.43. The Morgan fingerprint density at radius 1 is 1.26 bits per heavy atom. The Kier molecular flexibility index (Phi) is 4.82. The van der Waals surface area contributed by atoms with Gasteiger partial charge in [-0.15, -0.1) is 0 Å². The third-order valence-electron chi connectivity index (χ3n) is 3.75. The summed E-state index contributed by atoms with van der Waals surface area (Å²) >= 11 is 3.44. The van der Waals surface area contributed by atoms with Crippen molar-refractivity contribution in [3.05, 3.63) is 34.3 Å². The lowest BCUT2D eigenvalue weighted by atomic mass is 9.64. The molecule has 1 saturated carbocycles. The minimum Gasteiger partial charge on any atom is -0.395 e. The van der Waals surface area contributed by atoms with Crippen LogP contribution in [0.1, 0.15) is 24.8 Å². The first-order valence-corrected chi connectivity index (χ1v) is 7.34. The Morgan fingerprint density at radius 3 is 2.47 bits per heavy atom. The number of urea groups is 1. The molecule has 1 fully saturated rings. The number of aliphatic hydroxyl groups excluding tert-OH is 1. The normalized spacial score (nSPS) is 16.5. The van der Waals surface area contributed by atoms with Crippen LogP contribution in [0, 0.1) is 0 Å². The third kappa shape index (κ3) is 3.48. The van der Waals surface area contributed by atoms with E-state index in [0.717, 1.165) is 17.3 Å². The number of benzene rings is 1. The zero-order chi connectivity index (χ0) is 13.7. The van der Waals surface area contributed by atoms with E-state index in [1.807, 2.05) is 12.1 Å². The zero-order valence-electron chi connectivity index (χ0n) is 10.8. The second-order valence-corrected chi connectivity index (χ2v) is 5.89. The standard InChI is InChI=1S/C14H19BrN2O2/c15-12-4-2-11(3-5-12)14(6-1-7-14)10-17-13(19)16-8-9-18/h2-5,18H,1,6-10H2,(H2,16,17,19). The number of amides is 2. The molecule has 0 unspecified atom stereocenters. The van der Waals surface area contributed by atoms with Crippen molar-refractivity contribution in [2.75, 3.05) is 19.7 Å². The molecule has 0 heterocycles. The molecule has 0 spiro atoms. The predicted octanol–water partition coefficient (Wildman–Crippen LogP) is 2.16. The monoisotopic (exact) mass is 326 g/mol. The SMILES string of the molecule is O=C(NCCO)NCC1(c2ccc(Br)cc2)CCC1. The van der Waals surface area contributed by atoms with Crippen LogP contribution >= 0.6 is 15.9 Å². The van der Waals surface area contributed by atoms with Gasteiger partial charge in [0.1, 0.15) is 0 Å². The first-order valence-electron chi connectivity index (χ1n) is 6.55. The minimum absolute atomic E-state index is 0.0364. The molecule has 5 heteroatoms. The van der Waals surface area contributed by atoms with Gasteiger partial charge in [0, 0.05) is 23.0 Å². The summed E-state index contributed by atoms with van der Waals surface area (Å²) in [5.41, 5.74) is 1.36. The second-order valence-electron chi connectivity index (χ2n) is 4.97. The van der Waals surface area contributed by atoms with Gasteiger partial charge < -0.3 is 15.7 Å². The zero-order valence-corrected chi connectivity index (χ0v) is 12.4. The molecule has 1 aromatic carbocycles. The van der Waals surface area contributed by atoms with E-state index in [1.54, 1.807) is 0 Å². The maximum absolute atomic E-state index is 11.5. The topological polar surface area (TPSA) is 61.4 Å². The summed E-state index contributed by atoms with van der Waals surface area (Å²) in [6, 6.07) is 8.12. The van der Waals surface area contributed by atoms with E-state index in [2.05, 4.69) is 38.7 Å². The highest BCUT2D eigenvalue weighted by Gasteiger charge is 2.38. The van der Waals surface area contributed by atoms with Crippen molar-refractivity contribution >= 4 is 22.0 Å². The molecular weight excluding hydrogens is 308 g/mol. The fourth-order valence-electron chi connectivity index (χ4n) is 2.46. The van der Waals surface area contributed by atoms with Crippen molar-refractivity contribution in [1.29, 1.82) is 0 Å². The van der Waals surface area contributed by atoms with E-state index in [9.17, 15) is 4.79 Å². The average molecular weight is 327 g/mol. The molecule has 1 aromatic rings. The molecular formula is C14H19BrN2O2. The third-order valence-corrected chi connectivity index (χ3v) is 4.28. The van der Waals surface area contributed by atoms with E-state index in [-0.39, 0.29) is 24.6 Å². The Hall–Kier alpha value is -1.07. The fraction of sp³-hybridized carbons (Fsp3) is 0.500. The molecule has 0 radical (unpaired) electrons. The number of carbonyl (C=O) groups is 1. The summed E-state index contributed by atoms with van der Waals surface area (Å²) < 4.78 is 1.07. The Labute approximate surface area is 121 Å². The lowest BCUT2D eigenvalue weighted by molar-refractivity contribution is 0.212. The summed E-state index contributed by atoms with van der Waals surface area (Å²) in [5.74, 6) is 0. The summed E-state index contributed by atoms with van der Waals surface area (Å²) in [6.45, 7) is 0.897. The van der Waals surface area contributed by atoms with Crippen LogP contribution in [0.4, 0.5) is 4.79 Å². The van der Waals surface area contributed by atoms with Gasteiger partial charge in [0.25, 0.3) is 0 Å². The summed E-state index contributed by atoms with van der Waals surface area (Å²) in [4.78, 5) is 11.5. The number of carbonyl (C=O) groups excluding carboxylic acids is 1. The van der Waals surface area contributed by atoms with E-state index in [0.29, 0.717) is 6.54 Å². The van der Waals surface area contributed by atoms with Gasteiger partial charge >= 0.3 is 6.03 Å². The maximum Gasteiger partial charge on any atom is 0.314 e. The highest BCUT2D eigenvalue weighted by molar-refractivity contribution is 9.10. The average Bonchev–Trinajstić information content (AvgIpc) is 2.37. The molecule has 0 saturated heterocycles. The second kappa shape index (κ2) is 6.39. The molecule has 1 aliphatic rings. The van der Waals surface area contributed by atoms with Gasteiger partial charge in [-0.05, 0) is 30.5 Å². The summed E-state index contributed by atoms with van der Waals surface area (Å²) in [5, 5.41) is 14.2. The number of nitrogens with one attached hydrogen (secondary N) is 2. The number of halogens is 1. The van der Waals surface area contributed by atoms with Crippen molar-refractivity contribution < 1.29 is 9.90 Å². The lowest BCUT2D eigenvalue weighted by Gasteiger charge is -2.42. The van der Waals surface area contributed by atoms with Gasteiger partial charge in [0.2, 0.25) is 0 Å². The predicted molar refractivity (Wildman–Crippen MR) is 78.2 cm³/mol. The van der Waals surface area contributed by atoms with Crippen LogP contribution in [0.25, 0.3) is 0 Å². The lowest BCUT2D eigenvalue weighted by Crippen LogP contribution is -2.48. The molecule has 19 heavy (non-hydrogen) atoms.